The van der Waals surface area contributed by atoms with Crippen LogP contribution in [0.25, 0.3) is 11.1 Å². The van der Waals surface area contributed by atoms with E-state index in [0.29, 0.717) is 35.6 Å². The van der Waals surface area contributed by atoms with Crippen LogP contribution in [-0.2, 0) is 10.0 Å². The summed E-state index contributed by atoms with van der Waals surface area (Å²) in [5.74, 6) is 0.0694. The topological polar surface area (TPSA) is 95.4 Å². The Kier molecular flexibility index (Phi) is 5.35. The van der Waals surface area contributed by atoms with Gasteiger partial charge in [0.05, 0.1) is 11.0 Å². The highest BCUT2D eigenvalue weighted by Gasteiger charge is 2.26. The zero-order valence-corrected chi connectivity index (χ0v) is 17.5. The van der Waals surface area contributed by atoms with Gasteiger partial charge in [-0.05, 0) is 53.9 Å². The normalized spacial score (nSPS) is 14.5. The van der Waals surface area contributed by atoms with Crippen molar-refractivity contribution in [3.05, 3.63) is 65.2 Å². The maximum atomic E-state index is 13.8. The number of β-amino-alcohol motifs (C(OH)–C–C–N with tert-alkyl or cyclic N) is 1. The van der Waals surface area contributed by atoms with Gasteiger partial charge < -0.3 is 10.0 Å². The average molecular weight is 449 g/mol. The summed E-state index contributed by atoms with van der Waals surface area (Å²) >= 11 is 6.07. The summed E-state index contributed by atoms with van der Waals surface area (Å²) in [6, 6.07) is 8.55. The van der Waals surface area contributed by atoms with Gasteiger partial charge in [-0.15, -0.1) is 0 Å². The molecule has 3 heterocycles. The molecule has 0 bridgehead atoms. The van der Waals surface area contributed by atoms with E-state index in [-0.39, 0.29) is 15.7 Å². The predicted octanol–water partition coefficient (Wildman–Crippen LogP) is 3.23. The van der Waals surface area contributed by atoms with E-state index in [1.165, 1.54) is 42.7 Å². The maximum Gasteiger partial charge on any atom is 0.263 e. The minimum atomic E-state index is -3.93. The highest BCUT2D eigenvalue weighted by Crippen LogP contribution is 2.31. The molecule has 156 valence electrons. The lowest BCUT2D eigenvalue weighted by molar-refractivity contribution is 0.141. The van der Waals surface area contributed by atoms with Crippen LogP contribution in [0.1, 0.15) is 5.56 Å². The first-order chi connectivity index (χ1) is 14.2. The number of aliphatic hydroxyl groups is 1. The number of sulfonamides is 1. The van der Waals surface area contributed by atoms with Gasteiger partial charge in [0.2, 0.25) is 0 Å². The Labute approximate surface area is 178 Å². The lowest BCUT2D eigenvalue weighted by atomic mass is 10.0. The fourth-order valence-corrected chi connectivity index (χ4v) is 4.39. The molecular formula is C20H18ClFN4O3S. The Morgan fingerprint density at radius 3 is 2.63 bits per heavy atom. The summed E-state index contributed by atoms with van der Waals surface area (Å²) in [5.41, 5.74) is 1.80. The predicted molar refractivity (Wildman–Crippen MR) is 113 cm³/mol. The van der Waals surface area contributed by atoms with E-state index in [1.54, 1.807) is 17.9 Å². The molecule has 2 aromatic heterocycles. The number of anilines is 2. The average Bonchev–Trinajstić information content (AvgIpc) is 2.68. The Hall–Kier alpha value is -2.75. The molecule has 10 heteroatoms. The van der Waals surface area contributed by atoms with Crippen molar-refractivity contribution in [3.63, 3.8) is 0 Å². The number of hydrogen-bond donors (Lipinski definition) is 2. The van der Waals surface area contributed by atoms with Gasteiger partial charge in [0.1, 0.15) is 17.5 Å². The first kappa shape index (κ1) is 20.5. The number of aliphatic hydroxyl groups excluding tert-OH is 1. The number of rotatable bonds is 5. The van der Waals surface area contributed by atoms with Crippen LogP contribution in [0.4, 0.5) is 16.0 Å². The molecule has 0 aliphatic carbocycles. The van der Waals surface area contributed by atoms with Crippen molar-refractivity contribution in [2.75, 3.05) is 22.7 Å². The molecule has 1 fully saturated rings. The van der Waals surface area contributed by atoms with Gasteiger partial charge in [-0.25, -0.2) is 22.8 Å². The molecule has 0 radical (unpaired) electrons. The van der Waals surface area contributed by atoms with E-state index in [4.69, 9.17) is 11.6 Å². The number of nitrogens with zero attached hydrogens (tertiary/aromatic N) is 3. The monoisotopic (exact) mass is 448 g/mol. The van der Waals surface area contributed by atoms with Crippen LogP contribution in [-0.4, -0.2) is 42.7 Å². The highest BCUT2D eigenvalue weighted by atomic mass is 35.5. The minimum Gasteiger partial charge on any atom is -0.389 e. The molecule has 0 atom stereocenters. The Balaban J connectivity index is 1.62. The summed E-state index contributed by atoms with van der Waals surface area (Å²) in [5, 5.41) is 9.72. The fourth-order valence-electron chi connectivity index (χ4n) is 3.18. The van der Waals surface area contributed by atoms with E-state index in [9.17, 15) is 17.9 Å². The van der Waals surface area contributed by atoms with E-state index in [2.05, 4.69) is 14.7 Å². The zero-order chi connectivity index (χ0) is 21.5. The molecule has 7 nitrogen and oxygen atoms in total. The molecule has 0 unspecified atom stereocenters. The Morgan fingerprint density at radius 2 is 1.90 bits per heavy atom. The molecule has 0 saturated carbocycles. The second-order valence-electron chi connectivity index (χ2n) is 7.00. The first-order valence-electron chi connectivity index (χ1n) is 9.07. The molecule has 1 aromatic carbocycles. The number of hydrogen-bond acceptors (Lipinski definition) is 6. The van der Waals surface area contributed by atoms with Crippen LogP contribution in [0.15, 0.2) is 53.7 Å². The van der Waals surface area contributed by atoms with Crippen molar-refractivity contribution >= 4 is 33.3 Å². The van der Waals surface area contributed by atoms with Crippen molar-refractivity contribution < 1.29 is 17.9 Å². The van der Waals surface area contributed by atoms with Crippen LogP contribution >= 0.6 is 11.6 Å². The summed E-state index contributed by atoms with van der Waals surface area (Å²) in [7, 11) is -3.93. The second-order valence-corrected chi connectivity index (χ2v) is 9.09. The molecule has 2 N–H and O–H groups in total. The molecule has 3 aromatic rings. The highest BCUT2D eigenvalue weighted by molar-refractivity contribution is 7.92. The van der Waals surface area contributed by atoms with Crippen LogP contribution in [0.2, 0.25) is 5.02 Å². The van der Waals surface area contributed by atoms with Gasteiger partial charge >= 0.3 is 0 Å². The zero-order valence-electron chi connectivity index (χ0n) is 15.9. The summed E-state index contributed by atoms with van der Waals surface area (Å²) < 4.78 is 41.9. The third kappa shape index (κ3) is 4.09. The lowest BCUT2D eigenvalue weighted by Gasteiger charge is -2.36. The Morgan fingerprint density at radius 1 is 1.17 bits per heavy atom. The molecule has 0 amide bonds. The van der Waals surface area contributed by atoms with Gasteiger partial charge in [-0.1, -0.05) is 11.6 Å². The standard InChI is InChI=1S/C20H18ClFN4O3S/c1-12-17(7-14(22)8-18(12)21)13-2-4-23-19(6-13)25-30(28,29)16-3-5-24-20(9-16)26-10-15(27)11-26/h2-9,15,27H,10-11H2,1H3,(H,23,25). The lowest BCUT2D eigenvalue weighted by Crippen LogP contribution is -2.51. The van der Waals surface area contributed by atoms with E-state index in [0.717, 1.165) is 0 Å². The van der Waals surface area contributed by atoms with Gasteiger partial charge in [0, 0.05) is 36.6 Å². The van der Waals surface area contributed by atoms with Crippen molar-refractivity contribution in [3.8, 4) is 11.1 Å². The number of aromatic nitrogens is 2. The van der Waals surface area contributed by atoms with Crippen LogP contribution in [0.5, 0.6) is 0 Å². The summed E-state index contributed by atoms with van der Waals surface area (Å²) in [6.07, 6.45) is 2.40. The molecule has 1 aliphatic heterocycles. The molecular weight excluding hydrogens is 431 g/mol. The molecule has 30 heavy (non-hydrogen) atoms. The quantitative estimate of drug-likeness (QED) is 0.622. The number of halogens is 2. The van der Waals surface area contributed by atoms with E-state index >= 15 is 0 Å². The number of nitrogens with one attached hydrogen (secondary N) is 1. The third-order valence-corrected chi connectivity index (χ3v) is 6.58. The molecule has 1 aliphatic rings. The van der Waals surface area contributed by atoms with Gasteiger partial charge in [-0.3, -0.25) is 4.72 Å². The fraction of sp³-hybridized carbons (Fsp3) is 0.200. The van der Waals surface area contributed by atoms with E-state index in [1.807, 2.05) is 0 Å². The van der Waals surface area contributed by atoms with Crippen molar-refractivity contribution in [1.82, 2.24) is 9.97 Å². The molecule has 4 rings (SSSR count). The van der Waals surface area contributed by atoms with Gasteiger partial charge in [-0.2, -0.15) is 0 Å². The maximum absolute atomic E-state index is 13.8. The van der Waals surface area contributed by atoms with Crippen molar-refractivity contribution in [1.29, 1.82) is 0 Å². The SMILES string of the molecule is Cc1c(Cl)cc(F)cc1-c1ccnc(NS(=O)(=O)c2ccnc(N3CC(O)C3)c2)c1. The van der Waals surface area contributed by atoms with Crippen LogP contribution < -0.4 is 9.62 Å². The summed E-state index contributed by atoms with van der Waals surface area (Å²) in [4.78, 5) is 10.0. The smallest absolute Gasteiger partial charge is 0.263 e. The second kappa shape index (κ2) is 7.82. The van der Waals surface area contributed by atoms with Gasteiger partial charge in [0.25, 0.3) is 10.0 Å². The van der Waals surface area contributed by atoms with Crippen molar-refractivity contribution in [2.45, 2.75) is 17.9 Å². The van der Waals surface area contributed by atoms with Crippen LogP contribution in [0, 0.1) is 12.7 Å². The number of pyridine rings is 2. The first-order valence-corrected chi connectivity index (χ1v) is 10.9. The molecule has 1 saturated heterocycles. The third-order valence-electron chi connectivity index (χ3n) is 4.83. The molecule has 0 spiro atoms. The number of benzene rings is 1. The minimum absolute atomic E-state index is 0.0195. The van der Waals surface area contributed by atoms with E-state index < -0.39 is 21.9 Å². The summed E-state index contributed by atoms with van der Waals surface area (Å²) in [6.45, 7) is 2.57. The Bertz CT molecular complexity index is 1220. The van der Waals surface area contributed by atoms with Crippen molar-refractivity contribution in [2.24, 2.45) is 0 Å². The largest absolute Gasteiger partial charge is 0.389 e. The van der Waals surface area contributed by atoms with Gasteiger partial charge in [0.15, 0.2) is 0 Å². The van der Waals surface area contributed by atoms with Crippen LogP contribution in [0.3, 0.4) is 0 Å².